The zero-order chi connectivity index (χ0) is 35.2. The zero-order valence-corrected chi connectivity index (χ0v) is 30.0. The van der Waals surface area contributed by atoms with Crippen LogP contribution in [-0.2, 0) is 30.6 Å². The third-order valence-corrected chi connectivity index (χ3v) is 12.1. The van der Waals surface area contributed by atoms with Gasteiger partial charge in [0.2, 0.25) is 5.91 Å². The summed E-state index contributed by atoms with van der Waals surface area (Å²) < 4.78 is 33.6. The molecule has 8 heteroatoms. The van der Waals surface area contributed by atoms with Crippen molar-refractivity contribution in [2.45, 2.75) is 75.5 Å². The highest BCUT2D eigenvalue weighted by Crippen LogP contribution is 2.41. The molecule has 4 aromatic carbocycles. The van der Waals surface area contributed by atoms with E-state index in [-0.39, 0.29) is 16.7 Å². The quantitative estimate of drug-likeness (QED) is 0.151. The van der Waals surface area contributed by atoms with Crippen LogP contribution in [0.25, 0.3) is 11.1 Å². The van der Waals surface area contributed by atoms with Gasteiger partial charge >= 0.3 is 5.97 Å². The summed E-state index contributed by atoms with van der Waals surface area (Å²) in [7, 11) is 0.171. The van der Waals surface area contributed by atoms with Crippen LogP contribution in [0, 0.1) is 11.3 Å². The van der Waals surface area contributed by atoms with Crippen molar-refractivity contribution in [2.24, 2.45) is 11.3 Å². The van der Waals surface area contributed by atoms with Gasteiger partial charge in [-0.15, -0.1) is 0 Å². The number of esters is 1. The number of sulfone groups is 1. The normalized spacial score (nSPS) is 15.6. The highest BCUT2D eigenvalue weighted by atomic mass is 32.2. The van der Waals surface area contributed by atoms with E-state index in [0.717, 1.165) is 54.5 Å². The zero-order valence-electron chi connectivity index (χ0n) is 29.2. The van der Waals surface area contributed by atoms with Gasteiger partial charge in [0.05, 0.1) is 10.3 Å². The van der Waals surface area contributed by atoms with Crippen molar-refractivity contribution in [3.63, 3.8) is 0 Å². The van der Waals surface area contributed by atoms with Gasteiger partial charge in [0.15, 0.2) is 9.84 Å². The molecule has 1 aliphatic carbocycles. The molecule has 5 rings (SSSR count). The van der Waals surface area contributed by atoms with Crippen LogP contribution >= 0.6 is 0 Å². The highest BCUT2D eigenvalue weighted by Gasteiger charge is 2.41. The smallest absolute Gasteiger partial charge is 0.303 e. The van der Waals surface area contributed by atoms with E-state index in [1.165, 1.54) is 6.92 Å². The van der Waals surface area contributed by atoms with Gasteiger partial charge in [-0.1, -0.05) is 99.8 Å². The van der Waals surface area contributed by atoms with Gasteiger partial charge in [-0.3, -0.25) is 9.59 Å². The fraction of sp³-hybridized carbons (Fsp3) is 0.366. The van der Waals surface area contributed by atoms with Crippen molar-refractivity contribution in [1.29, 1.82) is 0 Å². The number of anilines is 2. The first kappa shape index (κ1) is 35.9. The van der Waals surface area contributed by atoms with Crippen molar-refractivity contribution < 1.29 is 22.7 Å². The Bertz CT molecular complexity index is 1830. The van der Waals surface area contributed by atoms with E-state index in [4.69, 9.17) is 4.74 Å². The van der Waals surface area contributed by atoms with Crippen molar-refractivity contribution in [1.82, 2.24) is 0 Å². The lowest BCUT2D eigenvalue weighted by Crippen LogP contribution is -2.40. The molecule has 1 fully saturated rings. The number of rotatable bonds is 12. The molecule has 7 nitrogen and oxygen atoms in total. The van der Waals surface area contributed by atoms with E-state index < -0.39 is 32.6 Å². The minimum atomic E-state index is -3.88. The van der Waals surface area contributed by atoms with Crippen LogP contribution in [0.3, 0.4) is 0 Å². The second-order valence-corrected chi connectivity index (χ2v) is 15.9. The van der Waals surface area contributed by atoms with Gasteiger partial charge in [0.1, 0.15) is 11.4 Å². The van der Waals surface area contributed by atoms with Gasteiger partial charge in [0.25, 0.3) is 0 Å². The van der Waals surface area contributed by atoms with E-state index in [1.807, 2.05) is 27.9 Å². The van der Waals surface area contributed by atoms with Crippen LogP contribution in [0.1, 0.15) is 70.1 Å². The summed E-state index contributed by atoms with van der Waals surface area (Å²) in [5.74, 6) is -0.998. The number of amides is 1. The molecule has 49 heavy (non-hydrogen) atoms. The van der Waals surface area contributed by atoms with Crippen molar-refractivity contribution in [3.8, 4) is 11.1 Å². The molecule has 0 bridgehead atoms. The molecule has 1 aliphatic rings. The standard InChI is InChI=1S/C41H48N2O5S/c1-29(2)39(49(46,47)37-15-8-6-9-16-37)38(48-30(3)44)34-13-12-14-35(27-34)42-40(45)41(25-10-7-11-26-41)28-31-17-19-32(20-18-31)33-21-23-36(24-22-33)43(4)5/h6,8-9,12-24,27,29,38-39H,7,10-11,25-26,28H2,1-5H3,(H,42,45). The lowest BCUT2D eigenvalue weighted by atomic mass is 9.69. The first-order valence-corrected chi connectivity index (χ1v) is 18.7. The first-order valence-electron chi connectivity index (χ1n) is 17.1. The molecule has 0 radical (unpaired) electrons. The molecule has 2 atom stereocenters. The summed E-state index contributed by atoms with van der Waals surface area (Å²) in [4.78, 5) is 28.8. The number of hydrogen-bond acceptors (Lipinski definition) is 6. The van der Waals surface area contributed by atoms with E-state index in [2.05, 4.69) is 58.7 Å². The van der Waals surface area contributed by atoms with Crippen molar-refractivity contribution in [2.75, 3.05) is 24.3 Å². The Morgan fingerprint density at radius 2 is 1.43 bits per heavy atom. The van der Waals surface area contributed by atoms with E-state index >= 15 is 0 Å². The monoisotopic (exact) mass is 680 g/mol. The summed E-state index contributed by atoms with van der Waals surface area (Å²) in [5, 5.41) is 2.14. The molecule has 1 saturated carbocycles. The maximum absolute atomic E-state index is 14.2. The van der Waals surface area contributed by atoms with Crippen LogP contribution in [0.2, 0.25) is 0 Å². The molecule has 4 aromatic rings. The SMILES string of the molecule is CC(=O)OC(c1cccc(NC(=O)C2(Cc3ccc(-c4ccc(N(C)C)cc4)cc3)CCCCC2)c1)C(C(C)C)S(=O)(=O)c1ccccc1. The Kier molecular flexibility index (Phi) is 11.3. The molecule has 258 valence electrons. The second-order valence-electron chi connectivity index (χ2n) is 13.8. The van der Waals surface area contributed by atoms with Crippen LogP contribution in [0.5, 0.6) is 0 Å². The minimum Gasteiger partial charge on any atom is -0.456 e. The Balaban J connectivity index is 1.39. The predicted molar refractivity (Wildman–Crippen MR) is 197 cm³/mol. The minimum absolute atomic E-state index is 0.0472. The molecule has 1 amide bonds. The first-order chi connectivity index (χ1) is 23.4. The van der Waals surface area contributed by atoms with Crippen LogP contribution < -0.4 is 10.2 Å². The average molecular weight is 681 g/mol. The molecule has 0 heterocycles. The van der Waals surface area contributed by atoms with Crippen molar-refractivity contribution in [3.05, 3.63) is 114 Å². The largest absolute Gasteiger partial charge is 0.456 e. The lowest BCUT2D eigenvalue weighted by molar-refractivity contribution is -0.147. The fourth-order valence-electron chi connectivity index (χ4n) is 7.07. The fourth-order valence-corrected chi connectivity index (χ4v) is 9.17. The number of benzene rings is 4. The Labute approximate surface area is 291 Å². The number of ether oxygens (including phenoxy) is 1. The third kappa shape index (κ3) is 8.42. The molecule has 2 unspecified atom stereocenters. The molecular formula is C41H48N2O5S. The van der Waals surface area contributed by atoms with Crippen LogP contribution in [0.4, 0.5) is 11.4 Å². The Morgan fingerprint density at radius 1 is 0.816 bits per heavy atom. The van der Waals surface area contributed by atoms with Gasteiger partial charge in [0, 0.05) is 32.4 Å². The Morgan fingerprint density at radius 3 is 2.00 bits per heavy atom. The third-order valence-electron chi connectivity index (χ3n) is 9.66. The second kappa shape index (κ2) is 15.4. The Hall–Kier alpha value is -4.43. The molecule has 1 N–H and O–H groups in total. The van der Waals surface area contributed by atoms with Gasteiger partial charge in [-0.05, 0) is 83.8 Å². The maximum atomic E-state index is 14.2. The number of nitrogens with zero attached hydrogens (tertiary/aromatic N) is 1. The number of carbonyl (C=O) groups is 2. The van der Waals surface area contributed by atoms with Gasteiger partial charge < -0.3 is 15.0 Å². The number of carbonyl (C=O) groups excluding carboxylic acids is 2. The van der Waals surface area contributed by atoms with Crippen LogP contribution in [0.15, 0.2) is 108 Å². The topological polar surface area (TPSA) is 92.8 Å². The molecule has 0 aromatic heterocycles. The van der Waals surface area contributed by atoms with E-state index in [9.17, 15) is 18.0 Å². The van der Waals surface area contributed by atoms with E-state index in [0.29, 0.717) is 17.7 Å². The maximum Gasteiger partial charge on any atom is 0.303 e. The molecular weight excluding hydrogens is 633 g/mol. The van der Waals surface area contributed by atoms with Gasteiger partial charge in [-0.25, -0.2) is 8.42 Å². The highest BCUT2D eigenvalue weighted by molar-refractivity contribution is 7.92. The molecule has 0 spiro atoms. The number of hydrogen-bond donors (Lipinski definition) is 1. The van der Waals surface area contributed by atoms with Crippen molar-refractivity contribution >= 4 is 33.1 Å². The summed E-state index contributed by atoms with van der Waals surface area (Å²) in [6.07, 6.45) is 4.18. The van der Waals surface area contributed by atoms with Gasteiger partial charge in [-0.2, -0.15) is 0 Å². The average Bonchev–Trinajstić information content (AvgIpc) is 3.09. The summed E-state index contributed by atoms with van der Waals surface area (Å²) >= 11 is 0. The molecule has 0 saturated heterocycles. The van der Waals surface area contributed by atoms with Crippen LogP contribution in [-0.4, -0.2) is 39.6 Å². The van der Waals surface area contributed by atoms with E-state index in [1.54, 1.807) is 54.6 Å². The summed E-state index contributed by atoms with van der Waals surface area (Å²) in [6.45, 7) is 4.91. The predicted octanol–water partition coefficient (Wildman–Crippen LogP) is 8.65. The summed E-state index contributed by atoms with van der Waals surface area (Å²) in [6, 6.07) is 32.3. The number of nitrogens with one attached hydrogen (secondary N) is 1. The summed E-state index contributed by atoms with van der Waals surface area (Å²) in [5.41, 5.74) is 5.01. The molecule has 0 aliphatic heterocycles. The lowest BCUT2D eigenvalue weighted by Gasteiger charge is -2.36.